The van der Waals surface area contributed by atoms with E-state index in [0.29, 0.717) is 12.8 Å². The number of nitrogens with two attached hydrogens (primary N) is 1. The Morgan fingerprint density at radius 2 is 1.65 bits per heavy atom. The predicted molar refractivity (Wildman–Crippen MR) is 100 cm³/mol. The average Bonchev–Trinajstić information content (AvgIpc) is 2.58. The number of nitrogens with one attached hydrogen (secondary N) is 1. The fraction of sp³-hybridized carbons (Fsp3) is 0.550. The second-order valence-corrected chi connectivity index (χ2v) is 7.37. The van der Waals surface area contributed by atoms with E-state index in [1.54, 1.807) is 0 Å². The highest BCUT2D eigenvalue weighted by Crippen LogP contribution is 2.16. The van der Waals surface area contributed by atoms with Crippen LogP contribution < -0.4 is 11.1 Å². The number of carbonyl (C=O) groups excluding carboxylic acids is 2. The molecule has 6 heteroatoms. The molecule has 0 heterocycles. The molecule has 0 bridgehead atoms. The first-order chi connectivity index (χ1) is 12.2. The molecule has 145 valence electrons. The first-order valence-corrected chi connectivity index (χ1v) is 9.03. The summed E-state index contributed by atoms with van der Waals surface area (Å²) < 4.78 is 5.15. The molecular formula is C20H31N2O4. The topological polar surface area (TPSA) is 102 Å². The van der Waals surface area contributed by atoms with Crippen LogP contribution in [0.25, 0.3) is 0 Å². The van der Waals surface area contributed by atoms with Gasteiger partial charge in [-0.25, -0.2) is 4.79 Å². The third-order valence-corrected chi connectivity index (χ3v) is 3.84. The smallest absolute Gasteiger partial charge is 0.344 e. The highest BCUT2D eigenvalue weighted by atomic mass is 16.5. The van der Waals surface area contributed by atoms with E-state index < -0.39 is 24.2 Å². The molecule has 0 fully saturated rings. The minimum atomic E-state index is -0.836. The lowest BCUT2D eigenvalue weighted by Gasteiger charge is -2.25. The highest BCUT2D eigenvalue weighted by Gasteiger charge is 2.32. The van der Waals surface area contributed by atoms with Gasteiger partial charge >= 0.3 is 5.97 Å². The number of aliphatic hydroxyl groups is 1. The molecule has 0 saturated heterocycles. The van der Waals surface area contributed by atoms with Crippen LogP contribution in [0.1, 0.15) is 46.1 Å². The maximum atomic E-state index is 12.3. The van der Waals surface area contributed by atoms with E-state index in [0.717, 1.165) is 5.56 Å². The summed E-state index contributed by atoms with van der Waals surface area (Å²) in [6, 6.07) is 7.69. The molecule has 0 spiro atoms. The minimum Gasteiger partial charge on any atom is -0.459 e. The quantitative estimate of drug-likeness (QED) is 0.555. The number of rotatable bonds is 10. The van der Waals surface area contributed by atoms with E-state index >= 15 is 0 Å². The molecule has 6 nitrogen and oxygen atoms in total. The lowest BCUT2D eigenvalue weighted by molar-refractivity contribution is -0.148. The van der Waals surface area contributed by atoms with Gasteiger partial charge in [-0.05, 0) is 30.2 Å². The van der Waals surface area contributed by atoms with E-state index in [-0.39, 0.29) is 24.3 Å². The standard InChI is InChI=1S/C20H31N2O4/c1-13(2)10-16(21)19(24)22-17(11-14(3)4)18(23)20(25)26-12-15-8-6-5-7-9-15/h5-9,13-14,16-17,23H,10-12,21H2,1-4H3,(H,22,24)/t16-,17-/m0/s1. The lowest BCUT2D eigenvalue weighted by Crippen LogP contribution is -2.50. The van der Waals surface area contributed by atoms with E-state index in [2.05, 4.69) is 5.32 Å². The second kappa shape index (κ2) is 10.9. The van der Waals surface area contributed by atoms with Crippen LogP contribution in [0, 0.1) is 17.9 Å². The molecule has 0 aromatic heterocycles. The predicted octanol–water partition coefficient (Wildman–Crippen LogP) is 2.54. The van der Waals surface area contributed by atoms with Crippen molar-refractivity contribution in [1.29, 1.82) is 0 Å². The third-order valence-electron chi connectivity index (χ3n) is 3.84. The summed E-state index contributed by atoms with van der Waals surface area (Å²) in [6.07, 6.45) is 0.436. The van der Waals surface area contributed by atoms with Crippen LogP contribution in [0.4, 0.5) is 0 Å². The van der Waals surface area contributed by atoms with Crippen LogP contribution in [-0.2, 0) is 20.9 Å². The number of hydrogen-bond donors (Lipinski definition) is 3. The van der Waals surface area contributed by atoms with Crippen LogP contribution >= 0.6 is 0 Å². The molecule has 4 N–H and O–H groups in total. The molecule has 0 unspecified atom stereocenters. The Kier molecular flexibility index (Phi) is 9.30. The van der Waals surface area contributed by atoms with Gasteiger partial charge in [0.25, 0.3) is 0 Å². The molecule has 0 aliphatic heterocycles. The first-order valence-electron chi connectivity index (χ1n) is 9.03. The average molecular weight is 363 g/mol. The number of esters is 1. The third kappa shape index (κ3) is 7.97. The molecule has 1 aromatic carbocycles. The fourth-order valence-corrected chi connectivity index (χ4v) is 2.54. The van der Waals surface area contributed by atoms with Crippen molar-refractivity contribution < 1.29 is 19.4 Å². The van der Waals surface area contributed by atoms with Gasteiger partial charge in [-0.3, -0.25) is 4.79 Å². The lowest BCUT2D eigenvalue weighted by atomic mass is 9.97. The second-order valence-electron chi connectivity index (χ2n) is 7.37. The Balaban J connectivity index is 2.67. The van der Waals surface area contributed by atoms with E-state index in [1.165, 1.54) is 0 Å². The van der Waals surface area contributed by atoms with Crippen molar-refractivity contribution >= 4 is 11.9 Å². The summed E-state index contributed by atoms with van der Waals surface area (Å²) in [6.45, 7) is 7.89. The number of aliphatic hydroxyl groups excluding tert-OH is 1. The Bertz CT molecular complexity index is 560. The van der Waals surface area contributed by atoms with Crippen molar-refractivity contribution in [2.45, 2.75) is 59.2 Å². The van der Waals surface area contributed by atoms with Crippen molar-refractivity contribution in [2.75, 3.05) is 0 Å². The van der Waals surface area contributed by atoms with Crippen LogP contribution in [0.5, 0.6) is 0 Å². The largest absolute Gasteiger partial charge is 0.459 e. The van der Waals surface area contributed by atoms with E-state index in [9.17, 15) is 14.7 Å². The van der Waals surface area contributed by atoms with Crippen LogP contribution in [0.2, 0.25) is 0 Å². The van der Waals surface area contributed by atoms with E-state index in [4.69, 9.17) is 10.5 Å². The summed E-state index contributed by atoms with van der Waals surface area (Å²) in [5, 5.41) is 13.0. The first kappa shape index (κ1) is 22.1. The van der Waals surface area contributed by atoms with Gasteiger partial charge in [0.2, 0.25) is 12.0 Å². The monoisotopic (exact) mass is 363 g/mol. The zero-order chi connectivity index (χ0) is 19.7. The van der Waals surface area contributed by atoms with Gasteiger partial charge < -0.3 is 20.9 Å². The normalized spacial score (nSPS) is 13.7. The summed E-state index contributed by atoms with van der Waals surface area (Å²) in [5.74, 6) is -0.789. The molecular weight excluding hydrogens is 332 g/mol. The Morgan fingerprint density at radius 1 is 1.08 bits per heavy atom. The maximum Gasteiger partial charge on any atom is 0.344 e. The minimum absolute atomic E-state index is 0.0545. The molecule has 1 rings (SSSR count). The van der Waals surface area contributed by atoms with Crippen LogP contribution in [0.3, 0.4) is 0 Å². The molecule has 1 aromatic rings. The summed E-state index contributed by atoms with van der Waals surface area (Å²) in [4.78, 5) is 24.4. The Morgan fingerprint density at radius 3 is 2.19 bits per heavy atom. The highest BCUT2D eigenvalue weighted by molar-refractivity contribution is 5.86. The number of carbonyl (C=O) groups is 2. The van der Waals surface area contributed by atoms with Crippen molar-refractivity contribution in [1.82, 2.24) is 5.32 Å². The van der Waals surface area contributed by atoms with Gasteiger partial charge in [-0.1, -0.05) is 58.0 Å². The van der Waals surface area contributed by atoms with Crippen LogP contribution in [-0.4, -0.2) is 29.1 Å². The molecule has 0 aliphatic rings. The fourth-order valence-electron chi connectivity index (χ4n) is 2.54. The number of amides is 1. The zero-order valence-corrected chi connectivity index (χ0v) is 16.1. The van der Waals surface area contributed by atoms with Crippen LogP contribution in [0.15, 0.2) is 30.3 Å². The SMILES string of the molecule is CC(C)C[C@H](NC(=O)[C@@H](N)CC(C)C)[C](O)C(=O)OCc1ccccc1. The van der Waals surface area contributed by atoms with Gasteiger partial charge in [-0.15, -0.1) is 0 Å². The van der Waals surface area contributed by atoms with Gasteiger partial charge in [0, 0.05) is 0 Å². The van der Waals surface area contributed by atoms with E-state index in [1.807, 2.05) is 58.0 Å². The van der Waals surface area contributed by atoms with Gasteiger partial charge in [0.05, 0.1) is 12.1 Å². The molecule has 2 atom stereocenters. The molecule has 26 heavy (non-hydrogen) atoms. The molecule has 0 saturated carbocycles. The number of benzene rings is 1. The van der Waals surface area contributed by atoms with Crippen molar-refractivity contribution in [3.05, 3.63) is 42.0 Å². The summed E-state index contributed by atoms with van der Waals surface area (Å²) >= 11 is 0. The van der Waals surface area contributed by atoms with Crippen molar-refractivity contribution in [2.24, 2.45) is 17.6 Å². The molecule has 1 amide bonds. The zero-order valence-electron chi connectivity index (χ0n) is 16.1. The van der Waals surface area contributed by atoms with Crippen molar-refractivity contribution in [3.63, 3.8) is 0 Å². The number of hydrogen-bond acceptors (Lipinski definition) is 5. The summed E-state index contributed by atoms with van der Waals surface area (Å²) in [7, 11) is 0. The summed E-state index contributed by atoms with van der Waals surface area (Å²) in [5.41, 5.74) is 6.71. The van der Waals surface area contributed by atoms with Crippen molar-refractivity contribution in [3.8, 4) is 0 Å². The molecule has 1 radical (unpaired) electrons. The Labute approximate surface area is 156 Å². The Hall–Kier alpha value is -1.92. The molecule has 0 aliphatic carbocycles. The number of ether oxygens (including phenoxy) is 1. The van der Waals surface area contributed by atoms with Gasteiger partial charge in [0.15, 0.2) is 0 Å². The van der Waals surface area contributed by atoms with Gasteiger partial charge in [0.1, 0.15) is 6.61 Å². The maximum absolute atomic E-state index is 12.3. The van der Waals surface area contributed by atoms with Gasteiger partial charge in [-0.2, -0.15) is 0 Å².